The molecule has 0 aromatic carbocycles. The fraction of sp³-hybridized carbons (Fsp3) is 0.833. The topological polar surface area (TPSA) is 56.2 Å². The van der Waals surface area contributed by atoms with Crippen LogP contribution < -0.4 is 5.32 Å². The Balaban J connectivity index is 2.39. The number of nitrogens with zero attached hydrogens (tertiary/aromatic N) is 1. The Morgan fingerprint density at radius 3 is 2.44 bits per heavy atom. The van der Waals surface area contributed by atoms with Crippen molar-refractivity contribution in [2.45, 2.75) is 57.9 Å². The van der Waals surface area contributed by atoms with Crippen LogP contribution in [-0.2, 0) is 0 Å². The van der Waals surface area contributed by atoms with Gasteiger partial charge < -0.3 is 4.90 Å². The molecule has 0 spiro atoms. The maximum Gasteiger partial charge on any atom is 0.323 e. The first-order chi connectivity index (χ1) is 7.52. The zero-order chi connectivity index (χ0) is 12.2. The van der Waals surface area contributed by atoms with Crippen LogP contribution in [0.2, 0.25) is 0 Å². The highest BCUT2D eigenvalue weighted by atomic mass is 16.2. The number of amides is 2. The lowest BCUT2D eigenvalue weighted by Crippen LogP contribution is -2.44. The van der Waals surface area contributed by atoms with E-state index in [4.69, 9.17) is 5.41 Å². The smallest absolute Gasteiger partial charge is 0.315 e. The highest BCUT2D eigenvalue weighted by Crippen LogP contribution is 2.26. The van der Waals surface area contributed by atoms with E-state index < -0.39 is 5.54 Å². The summed E-state index contributed by atoms with van der Waals surface area (Å²) in [7, 11) is 1.77. The summed E-state index contributed by atoms with van der Waals surface area (Å²) in [5.41, 5.74) is -0.413. The highest BCUT2D eigenvalue weighted by molar-refractivity contribution is 6.07. The van der Waals surface area contributed by atoms with Gasteiger partial charge in [-0.25, -0.2) is 4.79 Å². The Hall–Kier alpha value is -1.06. The van der Waals surface area contributed by atoms with Crippen LogP contribution in [0.15, 0.2) is 0 Å². The van der Waals surface area contributed by atoms with E-state index in [1.807, 2.05) is 6.92 Å². The average molecular weight is 225 g/mol. The number of carbonyl (C=O) groups is 1. The largest absolute Gasteiger partial charge is 0.323 e. The van der Waals surface area contributed by atoms with E-state index in [0.29, 0.717) is 5.84 Å². The van der Waals surface area contributed by atoms with E-state index >= 15 is 0 Å². The van der Waals surface area contributed by atoms with E-state index in [0.717, 1.165) is 12.8 Å². The number of carbonyl (C=O) groups excluding carboxylic acids is 1. The van der Waals surface area contributed by atoms with Crippen LogP contribution >= 0.6 is 0 Å². The molecule has 0 radical (unpaired) electrons. The minimum atomic E-state index is -0.413. The molecule has 1 unspecified atom stereocenters. The van der Waals surface area contributed by atoms with Crippen LogP contribution in [0, 0.1) is 5.41 Å². The van der Waals surface area contributed by atoms with Crippen LogP contribution in [0.1, 0.15) is 52.4 Å². The summed E-state index contributed by atoms with van der Waals surface area (Å²) in [5.74, 6) is 0.343. The molecule has 1 fully saturated rings. The molecule has 1 heterocycles. The first-order valence-electron chi connectivity index (χ1n) is 6.16. The molecule has 92 valence electrons. The predicted molar refractivity (Wildman–Crippen MR) is 65.8 cm³/mol. The molecule has 1 saturated heterocycles. The zero-order valence-electron chi connectivity index (χ0n) is 10.6. The quantitative estimate of drug-likeness (QED) is 0.671. The van der Waals surface area contributed by atoms with Crippen LogP contribution in [-0.4, -0.2) is 29.4 Å². The van der Waals surface area contributed by atoms with Crippen molar-refractivity contribution in [1.82, 2.24) is 10.2 Å². The average Bonchev–Trinajstić information content (AvgIpc) is 2.43. The van der Waals surface area contributed by atoms with E-state index in [9.17, 15) is 4.79 Å². The highest BCUT2D eigenvalue weighted by Gasteiger charge is 2.43. The van der Waals surface area contributed by atoms with Crippen molar-refractivity contribution in [1.29, 1.82) is 5.41 Å². The van der Waals surface area contributed by atoms with Crippen molar-refractivity contribution in [3.05, 3.63) is 0 Å². The lowest BCUT2D eigenvalue weighted by atomic mass is 9.92. The third-order valence-corrected chi connectivity index (χ3v) is 3.58. The van der Waals surface area contributed by atoms with Crippen molar-refractivity contribution in [3.8, 4) is 0 Å². The van der Waals surface area contributed by atoms with Gasteiger partial charge in [0, 0.05) is 7.05 Å². The van der Waals surface area contributed by atoms with Crippen LogP contribution in [0.3, 0.4) is 0 Å². The van der Waals surface area contributed by atoms with Crippen molar-refractivity contribution in [2.24, 2.45) is 0 Å². The van der Waals surface area contributed by atoms with Crippen LogP contribution in [0.5, 0.6) is 0 Å². The maximum atomic E-state index is 11.4. The summed E-state index contributed by atoms with van der Waals surface area (Å²) in [4.78, 5) is 13.1. The molecule has 0 aromatic rings. The minimum Gasteiger partial charge on any atom is -0.315 e. The first kappa shape index (κ1) is 13.0. The summed E-state index contributed by atoms with van der Waals surface area (Å²) in [6.45, 7) is 4.16. The lowest BCUT2D eigenvalue weighted by Gasteiger charge is -2.30. The van der Waals surface area contributed by atoms with E-state index in [1.54, 1.807) is 11.9 Å². The molecule has 1 atom stereocenters. The Morgan fingerprint density at radius 1 is 1.31 bits per heavy atom. The van der Waals surface area contributed by atoms with Gasteiger partial charge in [0.05, 0.1) is 5.54 Å². The van der Waals surface area contributed by atoms with Gasteiger partial charge in [-0.15, -0.1) is 0 Å². The molecule has 0 saturated carbocycles. The fourth-order valence-electron chi connectivity index (χ4n) is 2.08. The van der Waals surface area contributed by atoms with Crippen molar-refractivity contribution >= 4 is 11.9 Å². The van der Waals surface area contributed by atoms with Gasteiger partial charge >= 0.3 is 6.03 Å². The summed E-state index contributed by atoms with van der Waals surface area (Å²) in [6.07, 6.45) is 6.93. The summed E-state index contributed by atoms with van der Waals surface area (Å²) < 4.78 is 0. The second-order valence-electron chi connectivity index (χ2n) is 4.80. The van der Waals surface area contributed by atoms with Crippen molar-refractivity contribution in [2.75, 3.05) is 7.05 Å². The predicted octanol–water partition coefficient (Wildman–Crippen LogP) is 2.74. The summed E-state index contributed by atoms with van der Waals surface area (Å²) >= 11 is 0. The zero-order valence-corrected chi connectivity index (χ0v) is 10.6. The van der Waals surface area contributed by atoms with Gasteiger partial charge in [0.15, 0.2) is 0 Å². The van der Waals surface area contributed by atoms with Gasteiger partial charge in [0.2, 0.25) is 0 Å². The molecule has 4 nitrogen and oxygen atoms in total. The van der Waals surface area contributed by atoms with E-state index in [2.05, 4.69) is 12.2 Å². The Bertz CT molecular complexity index is 277. The van der Waals surface area contributed by atoms with Gasteiger partial charge in [-0.2, -0.15) is 0 Å². The lowest BCUT2D eigenvalue weighted by molar-refractivity contribution is 0.192. The number of hydrogen-bond donors (Lipinski definition) is 2. The van der Waals surface area contributed by atoms with E-state index in [-0.39, 0.29) is 6.03 Å². The van der Waals surface area contributed by atoms with Crippen molar-refractivity contribution in [3.63, 3.8) is 0 Å². The Morgan fingerprint density at radius 2 is 1.94 bits per heavy atom. The minimum absolute atomic E-state index is 0.152. The van der Waals surface area contributed by atoms with Gasteiger partial charge in [-0.1, -0.05) is 39.0 Å². The molecule has 1 aliphatic rings. The summed E-state index contributed by atoms with van der Waals surface area (Å²) in [5, 5.41) is 10.4. The third-order valence-electron chi connectivity index (χ3n) is 3.58. The molecular weight excluding hydrogens is 202 g/mol. The number of rotatable bonds is 6. The van der Waals surface area contributed by atoms with Gasteiger partial charge in [0.1, 0.15) is 5.84 Å². The molecule has 1 rings (SSSR count). The monoisotopic (exact) mass is 225 g/mol. The Kier molecular flexibility index (Phi) is 4.33. The molecule has 4 heteroatoms. The van der Waals surface area contributed by atoms with Gasteiger partial charge in [0.25, 0.3) is 0 Å². The summed E-state index contributed by atoms with van der Waals surface area (Å²) in [6, 6.07) is -0.152. The maximum absolute atomic E-state index is 11.4. The van der Waals surface area contributed by atoms with E-state index in [1.165, 1.54) is 25.7 Å². The number of urea groups is 1. The SMILES string of the molecule is CCCCCCCC1(C)C(=N)NC(=O)N1C. The first-order valence-corrected chi connectivity index (χ1v) is 6.16. The molecule has 1 aliphatic heterocycles. The number of hydrogen-bond acceptors (Lipinski definition) is 2. The van der Waals surface area contributed by atoms with Gasteiger partial charge in [-0.3, -0.25) is 10.7 Å². The third kappa shape index (κ3) is 2.54. The molecule has 0 aliphatic carbocycles. The molecular formula is C12H23N3O. The molecule has 2 amide bonds. The number of amidine groups is 1. The molecule has 0 aromatic heterocycles. The standard InChI is InChI=1S/C12H23N3O/c1-4-5-6-7-8-9-12(2)10(13)14-11(16)15(12)3/h4-9H2,1-3H3,(H2,13,14,16). The number of nitrogens with one attached hydrogen (secondary N) is 2. The second kappa shape index (κ2) is 5.32. The van der Waals surface area contributed by atoms with Crippen LogP contribution in [0.25, 0.3) is 0 Å². The molecule has 2 N–H and O–H groups in total. The van der Waals surface area contributed by atoms with Crippen molar-refractivity contribution < 1.29 is 4.79 Å². The molecule has 0 bridgehead atoms. The van der Waals surface area contributed by atoms with Gasteiger partial charge in [-0.05, 0) is 13.3 Å². The Labute approximate surface area is 97.9 Å². The normalized spacial score (nSPS) is 25.1. The molecule has 16 heavy (non-hydrogen) atoms. The number of likely N-dealkylation sites (N-methyl/N-ethyl adjacent to an activating group) is 1. The number of unbranched alkanes of at least 4 members (excludes halogenated alkanes) is 4. The van der Waals surface area contributed by atoms with Crippen LogP contribution in [0.4, 0.5) is 4.79 Å². The second-order valence-corrected chi connectivity index (χ2v) is 4.80. The fourth-order valence-corrected chi connectivity index (χ4v) is 2.08.